The summed E-state index contributed by atoms with van der Waals surface area (Å²) >= 11 is 0. The minimum atomic E-state index is -4.56. The third-order valence-electron chi connectivity index (χ3n) is 2.28. The van der Waals surface area contributed by atoms with Crippen molar-refractivity contribution in [1.29, 1.82) is 0 Å². The lowest BCUT2D eigenvalue weighted by molar-refractivity contribution is -0.138. The van der Waals surface area contributed by atoms with Crippen LogP contribution < -0.4 is 10.5 Å². The molecule has 0 spiro atoms. The average molecular weight is 269 g/mol. The van der Waals surface area contributed by atoms with Crippen LogP contribution in [0.15, 0.2) is 30.5 Å². The Morgan fingerprint density at radius 3 is 2.58 bits per heavy atom. The SMILES string of the molecule is Cc1ccnc(Oc2ccc(N)cc2C(F)(F)F)n1. The Balaban J connectivity index is 2.40. The number of aryl methyl sites for hydroxylation is 1. The first-order chi connectivity index (χ1) is 8.86. The van der Waals surface area contributed by atoms with E-state index in [4.69, 9.17) is 10.5 Å². The molecule has 0 radical (unpaired) electrons. The normalized spacial score (nSPS) is 11.4. The minimum absolute atomic E-state index is 0.00448. The fourth-order valence-electron chi connectivity index (χ4n) is 1.43. The van der Waals surface area contributed by atoms with E-state index in [9.17, 15) is 13.2 Å². The highest BCUT2D eigenvalue weighted by atomic mass is 19.4. The fourth-order valence-corrected chi connectivity index (χ4v) is 1.43. The number of nitrogen functional groups attached to an aromatic ring is 1. The van der Waals surface area contributed by atoms with Crippen molar-refractivity contribution in [2.24, 2.45) is 0 Å². The van der Waals surface area contributed by atoms with E-state index in [1.54, 1.807) is 13.0 Å². The van der Waals surface area contributed by atoms with Crippen LogP contribution in [0.1, 0.15) is 11.3 Å². The van der Waals surface area contributed by atoms with Gasteiger partial charge in [-0.2, -0.15) is 13.2 Å². The van der Waals surface area contributed by atoms with Gasteiger partial charge in [0.15, 0.2) is 0 Å². The molecule has 0 aliphatic heterocycles. The van der Waals surface area contributed by atoms with Crippen LogP contribution in [0.2, 0.25) is 0 Å². The van der Waals surface area contributed by atoms with Gasteiger partial charge in [-0.1, -0.05) is 0 Å². The summed E-state index contributed by atoms with van der Waals surface area (Å²) in [7, 11) is 0. The molecule has 0 unspecified atom stereocenters. The topological polar surface area (TPSA) is 61.0 Å². The van der Waals surface area contributed by atoms with Crippen LogP contribution in [0.3, 0.4) is 0 Å². The van der Waals surface area contributed by atoms with Gasteiger partial charge in [0.05, 0.1) is 0 Å². The van der Waals surface area contributed by atoms with Gasteiger partial charge in [-0.05, 0) is 31.2 Å². The van der Waals surface area contributed by atoms with Crippen molar-refractivity contribution >= 4 is 5.69 Å². The van der Waals surface area contributed by atoms with Gasteiger partial charge in [0, 0.05) is 17.6 Å². The number of nitrogens with two attached hydrogens (primary N) is 1. The van der Waals surface area contributed by atoms with Crippen molar-refractivity contribution in [2.75, 3.05) is 5.73 Å². The number of aromatic nitrogens is 2. The molecule has 0 saturated carbocycles. The van der Waals surface area contributed by atoms with E-state index in [2.05, 4.69) is 9.97 Å². The van der Waals surface area contributed by atoms with E-state index in [0.29, 0.717) is 5.69 Å². The Kier molecular flexibility index (Phi) is 3.28. The minimum Gasteiger partial charge on any atom is -0.424 e. The summed E-state index contributed by atoms with van der Waals surface area (Å²) in [6.07, 6.45) is -3.16. The summed E-state index contributed by atoms with van der Waals surface area (Å²) in [6.45, 7) is 1.68. The van der Waals surface area contributed by atoms with Crippen LogP contribution in [0, 0.1) is 6.92 Å². The number of ether oxygens (including phenoxy) is 1. The zero-order valence-electron chi connectivity index (χ0n) is 9.90. The van der Waals surface area contributed by atoms with Crippen molar-refractivity contribution in [3.8, 4) is 11.8 Å². The van der Waals surface area contributed by atoms with E-state index >= 15 is 0 Å². The van der Waals surface area contributed by atoms with E-state index in [1.165, 1.54) is 12.3 Å². The number of rotatable bonds is 2. The van der Waals surface area contributed by atoms with E-state index < -0.39 is 11.7 Å². The molecule has 1 aromatic heterocycles. The first-order valence-electron chi connectivity index (χ1n) is 5.30. The molecular formula is C12H10F3N3O. The first-order valence-corrected chi connectivity index (χ1v) is 5.30. The molecule has 2 rings (SSSR count). The molecule has 4 nitrogen and oxygen atoms in total. The second-order valence-electron chi connectivity index (χ2n) is 3.84. The third-order valence-corrected chi connectivity index (χ3v) is 2.28. The molecule has 0 fully saturated rings. The quantitative estimate of drug-likeness (QED) is 0.850. The highest BCUT2D eigenvalue weighted by Crippen LogP contribution is 2.38. The van der Waals surface area contributed by atoms with Crippen LogP contribution in [0.25, 0.3) is 0 Å². The highest BCUT2D eigenvalue weighted by Gasteiger charge is 2.35. The Morgan fingerprint density at radius 1 is 1.21 bits per heavy atom. The lowest BCUT2D eigenvalue weighted by Crippen LogP contribution is -2.08. The van der Waals surface area contributed by atoms with Crippen LogP contribution in [-0.2, 0) is 6.18 Å². The Hall–Kier alpha value is -2.31. The molecule has 19 heavy (non-hydrogen) atoms. The lowest BCUT2D eigenvalue weighted by Gasteiger charge is -2.13. The van der Waals surface area contributed by atoms with Gasteiger partial charge in [0.2, 0.25) is 0 Å². The molecule has 0 amide bonds. The lowest BCUT2D eigenvalue weighted by atomic mass is 10.1. The first kappa shape index (κ1) is 13.1. The Morgan fingerprint density at radius 2 is 1.95 bits per heavy atom. The molecular weight excluding hydrogens is 259 g/mol. The van der Waals surface area contributed by atoms with Gasteiger partial charge in [-0.25, -0.2) is 9.97 Å². The second kappa shape index (κ2) is 4.75. The van der Waals surface area contributed by atoms with Crippen LogP contribution in [-0.4, -0.2) is 9.97 Å². The van der Waals surface area contributed by atoms with E-state index in [0.717, 1.165) is 12.1 Å². The molecule has 0 bridgehead atoms. The monoisotopic (exact) mass is 269 g/mol. The largest absolute Gasteiger partial charge is 0.424 e. The van der Waals surface area contributed by atoms with Crippen LogP contribution in [0.5, 0.6) is 11.8 Å². The maximum absolute atomic E-state index is 12.8. The summed E-state index contributed by atoms with van der Waals surface area (Å²) in [6, 6.07) is 4.74. The average Bonchev–Trinajstić information content (AvgIpc) is 2.30. The van der Waals surface area contributed by atoms with Gasteiger partial charge in [-0.3, -0.25) is 0 Å². The molecule has 0 saturated heterocycles. The maximum atomic E-state index is 12.8. The molecule has 2 aromatic rings. The number of nitrogens with zero attached hydrogens (tertiary/aromatic N) is 2. The number of anilines is 1. The number of hydrogen-bond donors (Lipinski definition) is 1. The van der Waals surface area contributed by atoms with E-state index in [1.807, 2.05) is 0 Å². The molecule has 2 N–H and O–H groups in total. The highest BCUT2D eigenvalue weighted by molar-refractivity contribution is 5.49. The van der Waals surface area contributed by atoms with Gasteiger partial charge >= 0.3 is 12.2 Å². The van der Waals surface area contributed by atoms with Gasteiger partial charge in [0.1, 0.15) is 11.3 Å². The number of alkyl halides is 3. The van der Waals surface area contributed by atoms with Crippen molar-refractivity contribution < 1.29 is 17.9 Å². The predicted octanol–water partition coefficient (Wildman–Crippen LogP) is 3.18. The van der Waals surface area contributed by atoms with Crippen molar-refractivity contribution in [1.82, 2.24) is 9.97 Å². The zero-order valence-corrected chi connectivity index (χ0v) is 9.90. The third kappa shape index (κ3) is 3.12. The molecule has 1 heterocycles. The fraction of sp³-hybridized carbons (Fsp3) is 0.167. The summed E-state index contributed by atoms with van der Waals surface area (Å²) in [5.74, 6) is -0.382. The molecule has 7 heteroatoms. The summed E-state index contributed by atoms with van der Waals surface area (Å²) in [5.41, 5.74) is 4.99. The number of benzene rings is 1. The summed E-state index contributed by atoms with van der Waals surface area (Å²) in [5, 5.41) is 0. The number of hydrogen-bond acceptors (Lipinski definition) is 4. The van der Waals surface area contributed by atoms with Crippen molar-refractivity contribution in [3.05, 3.63) is 41.7 Å². The summed E-state index contributed by atoms with van der Waals surface area (Å²) in [4.78, 5) is 7.63. The smallest absolute Gasteiger partial charge is 0.420 e. The number of halogens is 3. The Labute approximate surface area is 107 Å². The van der Waals surface area contributed by atoms with Gasteiger partial charge < -0.3 is 10.5 Å². The zero-order chi connectivity index (χ0) is 14.0. The molecule has 100 valence electrons. The van der Waals surface area contributed by atoms with E-state index in [-0.39, 0.29) is 17.4 Å². The van der Waals surface area contributed by atoms with Crippen molar-refractivity contribution in [2.45, 2.75) is 13.1 Å². The Bertz CT molecular complexity index is 599. The van der Waals surface area contributed by atoms with Crippen molar-refractivity contribution in [3.63, 3.8) is 0 Å². The summed E-state index contributed by atoms with van der Waals surface area (Å²) < 4.78 is 43.6. The van der Waals surface area contributed by atoms with Crippen LogP contribution in [0.4, 0.5) is 18.9 Å². The molecule has 1 aromatic carbocycles. The van der Waals surface area contributed by atoms with Gasteiger partial charge in [0.25, 0.3) is 0 Å². The van der Waals surface area contributed by atoms with Crippen LogP contribution >= 0.6 is 0 Å². The molecule has 0 aliphatic rings. The standard InChI is InChI=1S/C12H10F3N3O/c1-7-4-5-17-11(18-7)19-10-3-2-8(16)6-9(10)12(13,14)15/h2-6H,16H2,1H3. The predicted molar refractivity (Wildman–Crippen MR) is 62.7 cm³/mol. The maximum Gasteiger partial charge on any atom is 0.420 e. The van der Waals surface area contributed by atoms with Gasteiger partial charge in [-0.15, -0.1) is 0 Å². The molecule has 0 atom stereocenters. The molecule has 0 aliphatic carbocycles. The second-order valence-corrected chi connectivity index (χ2v) is 3.84.